The number of ether oxygens (including phenoxy) is 1. The molecule has 1 fully saturated rings. The van der Waals surface area contributed by atoms with E-state index in [4.69, 9.17) is 4.74 Å². The Bertz CT molecular complexity index is 452. The third-order valence-electron chi connectivity index (χ3n) is 3.82. The largest absolute Gasteiger partial charge is 0.504 e. The van der Waals surface area contributed by atoms with Gasteiger partial charge < -0.3 is 15.2 Å². The molecular weight excluding hydrogens is 323 g/mol. The first-order chi connectivity index (χ1) is 9.76. The zero-order valence-electron chi connectivity index (χ0n) is 13.0. The van der Waals surface area contributed by atoms with Crippen molar-refractivity contribution >= 4 is 24.8 Å². The van der Waals surface area contributed by atoms with E-state index in [0.717, 1.165) is 44.6 Å². The van der Waals surface area contributed by atoms with Crippen molar-refractivity contribution in [2.24, 2.45) is 0 Å². The van der Waals surface area contributed by atoms with Crippen molar-refractivity contribution < 1.29 is 9.84 Å². The quantitative estimate of drug-likeness (QED) is 0.775. The van der Waals surface area contributed by atoms with Gasteiger partial charge in [-0.05, 0) is 30.5 Å². The van der Waals surface area contributed by atoms with E-state index in [1.165, 1.54) is 0 Å². The fourth-order valence-corrected chi connectivity index (χ4v) is 2.74. The van der Waals surface area contributed by atoms with Gasteiger partial charge in [-0.15, -0.1) is 31.4 Å². The molecule has 126 valence electrons. The molecule has 2 rings (SSSR count). The molecule has 1 aromatic rings. The second kappa shape index (κ2) is 10.7. The number of allylic oxidation sites excluding steroid dienone is 1. The van der Waals surface area contributed by atoms with Crippen molar-refractivity contribution in [2.75, 3.05) is 33.3 Å². The minimum Gasteiger partial charge on any atom is -0.504 e. The standard InChI is InChI=1S/C16H24N2O2.2ClH/c1-3-4-5-14(18-10-8-17-9-11-18)13-6-7-16(20-2)15(19)12-13;;/h3,6-7,12,14,17,19H,1,4-5,8-11H2,2H3;2*1H/t14-;;/m0../s1. The highest BCUT2D eigenvalue weighted by Crippen LogP contribution is 2.33. The topological polar surface area (TPSA) is 44.7 Å². The summed E-state index contributed by atoms with van der Waals surface area (Å²) in [6.45, 7) is 7.93. The van der Waals surface area contributed by atoms with Crippen molar-refractivity contribution in [3.8, 4) is 11.5 Å². The van der Waals surface area contributed by atoms with Gasteiger partial charge in [-0.3, -0.25) is 4.90 Å². The lowest BCUT2D eigenvalue weighted by molar-refractivity contribution is 0.166. The van der Waals surface area contributed by atoms with Gasteiger partial charge in [-0.1, -0.05) is 12.1 Å². The minimum atomic E-state index is 0. The van der Waals surface area contributed by atoms with E-state index in [2.05, 4.69) is 16.8 Å². The summed E-state index contributed by atoms with van der Waals surface area (Å²) in [6.07, 6.45) is 3.95. The molecule has 6 heteroatoms. The second-order valence-corrected chi connectivity index (χ2v) is 5.10. The Morgan fingerprint density at radius 2 is 2.05 bits per heavy atom. The summed E-state index contributed by atoms with van der Waals surface area (Å²) in [5.41, 5.74) is 1.15. The average molecular weight is 349 g/mol. The van der Waals surface area contributed by atoms with Crippen molar-refractivity contribution in [1.29, 1.82) is 0 Å². The molecule has 1 atom stereocenters. The molecule has 1 aliphatic rings. The number of hydrogen-bond acceptors (Lipinski definition) is 4. The molecule has 0 unspecified atom stereocenters. The number of halogens is 2. The first-order valence-corrected chi connectivity index (χ1v) is 7.19. The van der Waals surface area contributed by atoms with Crippen LogP contribution in [0.25, 0.3) is 0 Å². The third kappa shape index (κ3) is 5.36. The highest BCUT2D eigenvalue weighted by atomic mass is 35.5. The number of hydrogen-bond donors (Lipinski definition) is 2. The lowest BCUT2D eigenvalue weighted by Crippen LogP contribution is -2.45. The molecule has 1 heterocycles. The summed E-state index contributed by atoms with van der Waals surface area (Å²) >= 11 is 0. The number of piperazine rings is 1. The number of rotatable bonds is 6. The number of aromatic hydroxyl groups is 1. The number of benzene rings is 1. The highest BCUT2D eigenvalue weighted by Gasteiger charge is 2.22. The molecule has 2 N–H and O–H groups in total. The Balaban J connectivity index is 0.00000220. The maximum absolute atomic E-state index is 9.99. The normalized spacial score (nSPS) is 16.0. The van der Waals surface area contributed by atoms with Gasteiger partial charge in [0, 0.05) is 32.2 Å². The molecule has 0 aliphatic carbocycles. The predicted octanol–water partition coefficient (Wildman–Crippen LogP) is 3.16. The van der Waals surface area contributed by atoms with Gasteiger partial charge in [0.2, 0.25) is 0 Å². The zero-order valence-corrected chi connectivity index (χ0v) is 14.6. The van der Waals surface area contributed by atoms with Crippen LogP contribution in [-0.4, -0.2) is 43.3 Å². The van der Waals surface area contributed by atoms with E-state index in [-0.39, 0.29) is 30.6 Å². The summed E-state index contributed by atoms with van der Waals surface area (Å²) in [6, 6.07) is 6.04. The predicted molar refractivity (Wildman–Crippen MR) is 95.8 cm³/mol. The van der Waals surface area contributed by atoms with Crippen LogP contribution < -0.4 is 10.1 Å². The molecule has 1 saturated heterocycles. The molecule has 0 aromatic heterocycles. The Hall–Kier alpha value is -0.940. The molecule has 22 heavy (non-hydrogen) atoms. The van der Waals surface area contributed by atoms with E-state index >= 15 is 0 Å². The molecule has 4 nitrogen and oxygen atoms in total. The van der Waals surface area contributed by atoms with E-state index in [1.54, 1.807) is 7.11 Å². The lowest BCUT2D eigenvalue weighted by Gasteiger charge is -2.35. The van der Waals surface area contributed by atoms with Crippen LogP contribution in [-0.2, 0) is 0 Å². The van der Waals surface area contributed by atoms with Gasteiger partial charge >= 0.3 is 0 Å². The number of phenols is 1. The van der Waals surface area contributed by atoms with Crippen molar-refractivity contribution in [2.45, 2.75) is 18.9 Å². The van der Waals surface area contributed by atoms with E-state index in [1.807, 2.05) is 24.3 Å². The Morgan fingerprint density at radius 1 is 1.36 bits per heavy atom. The molecule has 1 aliphatic heterocycles. The maximum atomic E-state index is 9.99. The van der Waals surface area contributed by atoms with Crippen LogP contribution in [0.5, 0.6) is 11.5 Å². The highest BCUT2D eigenvalue weighted by molar-refractivity contribution is 5.85. The Labute approximate surface area is 145 Å². The molecule has 0 bridgehead atoms. The SMILES string of the molecule is C=CCC[C@@H](c1ccc(OC)c(O)c1)N1CCNCC1.Cl.Cl. The van der Waals surface area contributed by atoms with E-state index in [9.17, 15) is 5.11 Å². The summed E-state index contributed by atoms with van der Waals surface area (Å²) in [4.78, 5) is 2.47. The smallest absolute Gasteiger partial charge is 0.160 e. The van der Waals surface area contributed by atoms with Gasteiger partial charge in [-0.2, -0.15) is 0 Å². The first kappa shape index (κ1) is 21.1. The molecule has 0 saturated carbocycles. The summed E-state index contributed by atoms with van der Waals surface area (Å²) < 4.78 is 5.12. The van der Waals surface area contributed by atoms with Crippen LogP contribution in [0.4, 0.5) is 0 Å². The van der Waals surface area contributed by atoms with Gasteiger partial charge in [0.1, 0.15) is 0 Å². The monoisotopic (exact) mass is 348 g/mol. The van der Waals surface area contributed by atoms with Crippen molar-refractivity contribution in [3.63, 3.8) is 0 Å². The van der Waals surface area contributed by atoms with Crippen LogP contribution in [0.1, 0.15) is 24.4 Å². The first-order valence-electron chi connectivity index (χ1n) is 7.19. The minimum absolute atomic E-state index is 0. The second-order valence-electron chi connectivity index (χ2n) is 5.10. The van der Waals surface area contributed by atoms with Crippen molar-refractivity contribution in [1.82, 2.24) is 10.2 Å². The van der Waals surface area contributed by atoms with Crippen molar-refractivity contribution in [3.05, 3.63) is 36.4 Å². The molecule has 0 radical (unpaired) electrons. The van der Waals surface area contributed by atoms with Gasteiger partial charge in [-0.25, -0.2) is 0 Å². The molecule has 0 amide bonds. The number of phenolic OH excluding ortho intramolecular Hbond substituents is 1. The fourth-order valence-electron chi connectivity index (χ4n) is 2.74. The molecular formula is C16H26Cl2N2O2. The fraction of sp³-hybridized carbons (Fsp3) is 0.500. The average Bonchev–Trinajstić information content (AvgIpc) is 2.49. The molecule has 1 aromatic carbocycles. The van der Waals surface area contributed by atoms with E-state index < -0.39 is 0 Å². The number of nitrogens with zero attached hydrogens (tertiary/aromatic N) is 1. The van der Waals surface area contributed by atoms with Crippen LogP contribution >= 0.6 is 24.8 Å². The van der Waals surface area contributed by atoms with Gasteiger partial charge in [0.25, 0.3) is 0 Å². The summed E-state index contributed by atoms with van der Waals surface area (Å²) in [5.74, 6) is 0.736. The van der Waals surface area contributed by atoms with Gasteiger partial charge in [0.15, 0.2) is 11.5 Å². The summed E-state index contributed by atoms with van der Waals surface area (Å²) in [7, 11) is 1.57. The number of methoxy groups -OCH3 is 1. The van der Waals surface area contributed by atoms with Crippen LogP contribution in [0.3, 0.4) is 0 Å². The van der Waals surface area contributed by atoms with Crippen LogP contribution in [0.15, 0.2) is 30.9 Å². The summed E-state index contributed by atoms with van der Waals surface area (Å²) in [5, 5.41) is 13.4. The lowest BCUT2D eigenvalue weighted by atomic mass is 9.99. The Morgan fingerprint density at radius 3 is 2.59 bits per heavy atom. The molecule has 0 spiro atoms. The third-order valence-corrected chi connectivity index (χ3v) is 3.82. The van der Waals surface area contributed by atoms with Crippen LogP contribution in [0, 0.1) is 0 Å². The Kier molecular flexibility index (Phi) is 10.3. The number of nitrogens with one attached hydrogen (secondary N) is 1. The maximum Gasteiger partial charge on any atom is 0.160 e. The van der Waals surface area contributed by atoms with Crippen LogP contribution in [0.2, 0.25) is 0 Å². The van der Waals surface area contributed by atoms with E-state index in [0.29, 0.717) is 11.8 Å². The zero-order chi connectivity index (χ0) is 14.4. The van der Waals surface area contributed by atoms with Gasteiger partial charge in [0.05, 0.1) is 7.11 Å².